The molecular weight excluding hydrogens is 302 g/mol. The molecule has 0 bridgehead atoms. The van der Waals surface area contributed by atoms with Gasteiger partial charge >= 0.3 is 0 Å². The Kier molecular flexibility index (Phi) is 4.03. The van der Waals surface area contributed by atoms with Crippen LogP contribution in [-0.2, 0) is 18.3 Å². The zero-order valence-electron chi connectivity index (χ0n) is 15.5. The lowest BCUT2D eigenvalue weighted by molar-refractivity contribution is 0.551. The van der Waals surface area contributed by atoms with E-state index >= 15 is 0 Å². The Labute approximate surface area is 151 Å². The lowest BCUT2D eigenvalue weighted by Gasteiger charge is -2.25. The fourth-order valence-electron chi connectivity index (χ4n) is 4.28. The first-order chi connectivity index (χ1) is 12.1. The molecule has 1 aromatic heterocycles. The van der Waals surface area contributed by atoms with Crippen LogP contribution < -0.4 is 0 Å². The third kappa shape index (κ3) is 2.82. The van der Waals surface area contributed by atoms with E-state index in [1.165, 1.54) is 53.9 Å². The number of benzene rings is 2. The van der Waals surface area contributed by atoms with Crippen LogP contribution in [0.15, 0.2) is 60.7 Å². The highest BCUT2D eigenvalue weighted by molar-refractivity contribution is 5.75. The summed E-state index contributed by atoms with van der Waals surface area (Å²) in [5.74, 6) is 0. The molecule has 0 saturated heterocycles. The van der Waals surface area contributed by atoms with Gasteiger partial charge in [0.2, 0.25) is 0 Å². The largest absolute Gasteiger partial charge is 0.316 e. The molecule has 0 amide bonds. The Balaban J connectivity index is 2.09. The third-order valence-electron chi connectivity index (χ3n) is 5.26. The molecular formula is C24H27N. The number of fused-ring (bicyclic) bond motifs is 1. The van der Waals surface area contributed by atoms with E-state index in [1.54, 1.807) is 5.56 Å². The van der Waals surface area contributed by atoms with E-state index in [4.69, 9.17) is 0 Å². The van der Waals surface area contributed by atoms with Gasteiger partial charge in [0.15, 0.2) is 0 Å². The number of para-hydroxylation sites is 1. The number of aromatic nitrogens is 1. The predicted molar refractivity (Wildman–Crippen MR) is 107 cm³/mol. The van der Waals surface area contributed by atoms with Gasteiger partial charge in [0.1, 0.15) is 0 Å². The molecule has 0 unspecified atom stereocenters. The summed E-state index contributed by atoms with van der Waals surface area (Å²) in [6.45, 7) is 7.04. The maximum absolute atomic E-state index is 2.57. The summed E-state index contributed by atoms with van der Waals surface area (Å²) in [7, 11) is 0. The molecule has 1 heteroatoms. The summed E-state index contributed by atoms with van der Waals surface area (Å²) in [4.78, 5) is 0. The molecule has 0 fully saturated rings. The van der Waals surface area contributed by atoms with E-state index in [2.05, 4.69) is 86.0 Å². The van der Waals surface area contributed by atoms with Crippen LogP contribution in [0.5, 0.6) is 0 Å². The maximum atomic E-state index is 2.57. The van der Waals surface area contributed by atoms with Gasteiger partial charge < -0.3 is 4.57 Å². The topological polar surface area (TPSA) is 4.93 Å². The molecule has 1 aliphatic rings. The summed E-state index contributed by atoms with van der Waals surface area (Å²) < 4.78 is 2.57. The molecule has 0 saturated carbocycles. The quantitative estimate of drug-likeness (QED) is 0.518. The molecule has 1 nitrogen and oxygen atoms in total. The Hall–Kier alpha value is -2.28. The molecule has 0 atom stereocenters. The van der Waals surface area contributed by atoms with Crippen molar-refractivity contribution in [2.75, 3.05) is 0 Å². The highest BCUT2D eigenvalue weighted by Gasteiger charge is 2.31. The van der Waals surface area contributed by atoms with E-state index in [1.807, 2.05) is 0 Å². The van der Waals surface area contributed by atoms with Crippen molar-refractivity contribution in [3.05, 3.63) is 77.6 Å². The number of rotatable bonds is 2. The highest BCUT2D eigenvalue weighted by Crippen LogP contribution is 2.43. The molecule has 3 aromatic rings. The Morgan fingerprint density at radius 2 is 1.36 bits per heavy atom. The second-order valence-electron chi connectivity index (χ2n) is 8.14. The van der Waals surface area contributed by atoms with E-state index in [-0.39, 0.29) is 5.41 Å². The average molecular weight is 329 g/mol. The summed E-state index contributed by atoms with van der Waals surface area (Å²) in [5, 5.41) is 0. The van der Waals surface area contributed by atoms with Gasteiger partial charge in [-0.05, 0) is 48.9 Å². The Morgan fingerprint density at radius 1 is 0.760 bits per heavy atom. The smallest absolute Gasteiger partial charge is 0.0455 e. The van der Waals surface area contributed by atoms with Crippen molar-refractivity contribution in [2.24, 2.45) is 0 Å². The Bertz CT molecular complexity index is 797. The van der Waals surface area contributed by atoms with Crippen molar-refractivity contribution in [1.82, 2.24) is 4.57 Å². The molecule has 0 N–H and O–H groups in total. The fourth-order valence-corrected chi connectivity index (χ4v) is 4.28. The van der Waals surface area contributed by atoms with Crippen molar-refractivity contribution < 1.29 is 0 Å². The van der Waals surface area contributed by atoms with Crippen LogP contribution in [-0.4, -0.2) is 4.57 Å². The highest BCUT2D eigenvalue weighted by atomic mass is 15.0. The predicted octanol–water partition coefficient (Wildman–Crippen LogP) is 6.32. The number of hydrogen-bond donors (Lipinski definition) is 0. The van der Waals surface area contributed by atoms with Gasteiger partial charge in [-0.25, -0.2) is 0 Å². The summed E-state index contributed by atoms with van der Waals surface area (Å²) in [5.41, 5.74) is 8.78. The van der Waals surface area contributed by atoms with Crippen LogP contribution in [0.4, 0.5) is 0 Å². The molecule has 128 valence electrons. The van der Waals surface area contributed by atoms with Gasteiger partial charge in [-0.2, -0.15) is 0 Å². The minimum Gasteiger partial charge on any atom is -0.316 e. The zero-order valence-corrected chi connectivity index (χ0v) is 15.5. The second kappa shape index (κ2) is 6.22. The average Bonchev–Trinajstić information content (AvgIpc) is 2.99. The fraction of sp³-hybridized carbons (Fsp3) is 0.333. The lowest BCUT2D eigenvalue weighted by atomic mass is 9.84. The van der Waals surface area contributed by atoms with Crippen molar-refractivity contribution in [3.63, 3.8) is 0 Å². The van der Waals surface area contributed by atoms with Gasteiger partial charge in [0.05, 0.1) is 0 Å². The second-order valence-corrected chi connectivity index (χ2v) is 8.14. The minimum absolute atomic E-state index is 0.0817. The van der Waals surface area contributed by atoms with E-state index < -0.39 is 0 Å². The summed E-state index contributed by atoms with van der Waals surface area (Å²) in [6.07, 6.45) is 4.97. The van der Waals surface area contributed by atoms with Gasteiger partial charge in [0, 0.05) is 28.1 Å². The molecule has 0 aliphatic heterocycles. The lowest BCUT2D eigenvalue weighted by Crippen LogP contribution is -2.19. The van der Waals surface area contributed by atoms with Crippen LogP contribution in [0.25, 0.3) is 16.8 Å². The molecule has 1 aliphatic carbocycles. The molecule has 0 spiro atoms. The summed E-state index contributed by atoms with van der Waals surface area (Å²) in [6, 6.07) is 21.9. The van der Waals surface area contributed by atoms with Gasteiger partial charge in [-0.1, -0.05) is 69.3 Å². The van der Waals surface area contributed by atoms with Crippen molar-refractivity contribution in [1.29, 1.82) is 0 Å². The molecule has 4 rings (SSSR count). The van der Waals surface area contributed by atoms with Crippen molar-refractivity contribution >= 4 is 0 Å². The first-order valence-electron chi connectivity index (χ1n) is 9.45. The SMILES string of the molecule is CC(C)(C)c1c(-c2ccccc2)c2c(n1-c1ccccc1)CCCC2. The van der Waals surface area contributed by atoms with E-state index in [9.17, 15) is 0 Å². The van der Waals surface area contributed by atoms with Gasteiger partial charge in [-0.3, -0.25) is 0 Å². The maximum Gasteiger partial charge on any atom is 0.0455 e. The third-order valence-corrected chi connectivity index (χ3v) is 5.26. The van der Waals surface area contributed by atoms with E-state index in [0.717, 1.165) is 0 Å². The Morgan fingerprint density at radius 3 is 2.00 bits per heavy atom. The van der Waals surface area contributed by atoms with Crippen LogP contribution in [0.1, 0.15) is 50.6 Å². The minimum atomic E-state index is 0.0817. The van der Waals surface area contributed by atoms with Crippen molar-refractivity contribution in [2.45, 2.75) is 51.9 Å². The molecule has 25 heavy (non-hydrogen) atoms. The number of nitrogens with zero attached hydrogens (tertiary/aromatic N) is 1. The first-order valence-corrected chi connectivity index (χ1v) is 9.45. The van der Waals surface area contributed by atoms with Gasteiger partial charge in [-0.15, -0.1) is 0 Å². The van der Waals surface area contributed by atoms with Gasteiger partial charge in [0.25, 0.3) is 0 Å². The van der Waals surface area contributed by atoms with E-state index in [0.29, 0.717) is 0 Å². The molecule has 2 aromatic carbocycles. The zero-order chi connectivity index (χ0) is 17.4. The van der Waals surface area contributed by atoms with Crippen molar-refractivity contribution in [3.8, 4) is 16.8 Å². The number of hydrogen-bond acceptors (Lipinski definition) is 0. The standard InChI is InChI=1S/C24H27N/c1-24(2,3)23-22(18-12-6-4-7-13-18)20-16-10-11-17-21(20)25(23)19-14-8-5-9-15-19/h4-9,12-15H,10-11,16-17H2,1-3H3. The van der Waals surface area contributed by atoms with Crippen LogP contribution in [0, 0.1) is 0 Å². The normalized spacial score (nSPS) is 14.4. The molecule has 1 heterocycles. The monoisotopic (exact) mass is 329 g/mol. The van der Waals surface area contributed by atoms with Crippen LogP contribution >= 0.6 is 0 Å². The molecule has 0 radical (unpaired) electrons. The van der Waals surface area contributed by atoms with Crippen LogP contribution in [0.2, 0.25) is 0 Å². The first kappa shape index (κ1) is 16.2. The van der Waals surface area contributed by atoms with Crippen LogP contribution in [0.3, 0.4) is 0 Å². The summed E-state index contributed by atoms with van der Waals surface area (Å²) >= 11 is 0.